The highest BCUT2D eigenvalue weighted by molar-refractivity contribution is 6.30. The van der Waals surface area contributed by atoms with Crippen molar-refractivity contribution < 1.29 is 0 Å². The zero-order valence-corrected chi connectivity index (χ0v) is 19.6. The highest BCUT2D eigenvalue weighted by Gasteiger charge is 2.34. The van der Waals surface area contributed by atoms with E-state index in [-0.39, 0.29) is 5.41 Å². The Hall–Kier alpha value is -2.97. The van der Waals surface area contributed by atoms with Crippen LogP contribution in [0.4, 0.5) is 0 Å². The normalized spacial score (nSPS) is 15.8. The molecule has 1 aromatic heterocycles. The predicted octanol–water partition coefficient (Wildman–Crippen LogP) is 7.62. The smallest absolute Gasteiger partial charge is 0.0496 e. The number of nitrogens with zero attached hydrogens (tertiary/aromatic N) is 2. The number of aryl methyl sites for hydroxylation is 1. The first kappa shape index (κ1) is 20.9. The molecule has 162 valence electrons. The fourth-order valence-corrected chi connectivity index (χ4v) is 5.17. The van der Waals surface area contributed by atoms with Crippen LogP contribution in [0.25, 0.3) is 22.2 Å². The van der Waals surface area contributed by atoms with Gasteiger partial charge in [-0.2, -0.15) is 0 Å². The summed E-state index contributed by atoms with van der Waals surface area (Å²) < 4.78 is 2.33. The van der Waals surface area contributed by atoms with Crippen molar-refractivity contribution in [3.63, 3.8) is 0 Å². The average molecular weight is 441 g/mol. The topological polar surface area (TPSA) is 8.17 Å². The minimum atomic E-state index is 0.110. The van der Waals surface area contributed by atoms with E-state index in [0.717, 1.165) is 36.7 Å². The van der Waals surface area contributed by atoms with Crippen molar-refractivity contribution in [2.45, 2.75) is 32.1 Å². The average Bonchev–Trinajstić information content (AvgIpc) is 3.31. The molecule has 0 spiro atoms. The molecule has 3 heteroatoms. The van der Waals surface area contributed by atoms with E-state index in [4.69, 9.17) is 11.6 Å². The molecule has 0 saturated carbocycles. The zero-order valence-electron chi connectivity index (χ0n) is 18.8. The number of fused-ring (bicyclic) bond motifs is 1. The Labute approximate surface area is 195 Å². The molecule has 0 amide bonds. The van der Waals surface area contributed by atoms with Crippen LogP contribution in [-0.2, 0) is 5.41 Å². The first-order chi connectivity index (χ1) is 15.4. The summed E-state index contributed by atoms with van der Waals surface area (Å²) in [4.78, 5) is 2.45. The van der Waals surface area contributed by atoms with E-state index in [9.17, 15) is 0 Å². The number of likely N-dealkylation sites (tertiary alicyclic amines) is 1. The van der Waals surface area contributed by atoms with Crippen molar-refractivity contribution in [1.82, 2.24) is 9.47 Å². The molecule has 32 heavy (non-hydrogen) atoms. The molecule has 0 unspecified atom stereocenters. The zero-order chi connectivity index (χ0) is 22.3. The number of halogens is 1. The summed E-state index contributed by atoms with van der Waals surface area (Å²) >= 11 is 6.33. The van der Waals surface area contributed by atoms with Gasteiger partial charge >= 0.3 is 0 Å². The highest BCUT2D eigenvalue weighted by atomic mass is 35.5. The van der Waals surface area contributed by atoms with Crippen LogP contribution in [0, 0.1) is 6.92 Å². The van der Waals surface area contributed by atoms with E-state index in [1.165, 1.54) is 33.3 Å². The Bertz CT molecular complexity index is 1290. The largest absolute Gasteiger partial charge is 0.371 e. The van der Waals surface area contributed by atoms with Crippen LogP contribution < -0.4 is 0 Å². The van der Waals surface area contributed by atoms with Gasteiger partial charge in [-0.05, 0) is 72.0 Å². The van der Waals surface area contributed by atoms with Crippen molar-refractivity contribution in [3.8, 4) is 5.69 Å². The lowest BCUT2D eigenvalue weighted by Crippen LogP contribution is -2.40. The molecule has 0 radical (unpaired) electrons. The molecule has 1 aliphatic rings. The number of benzene rings is 3. The van der Waals surface area contributed by atoms with Gasteiger partial charge in [-0.25, -0.2) is 0 Å². The molecule has 5 rings (SSSR count). The summed E-state index contributed by atoms with van der Waals surface area (Å²) in [6.07, 6.45) is 4.34. The quantitative estimate of drug-likeness (QED) is 0.317. The molecular formula is C29H29ClN2. The molecule has 2 nitrogen and oxygen atoms in total. The minimum Gasteiger partial charge on any atom is -0.371 e. The predicted molar refractivity (Wildman–Crippen MR) is 137 cm³/mol. The van der Waals surface area contributed by atoms with Gasteiger partial charge in [-0.3, -0.25) is 0 Å². The van der Waals surface area contributed by atoms with Crippen LogP contribution in [0.1, 0.15) is 36.6 Å². The Balaban J connectivity index is 1.37. The van der Waals surface area contributed by atoms with Gasteiger partial charge in [0.05, 0.1) is 0 Å². The third kappa shape index (κ3) is 3.73. The SMILES string of the molecule is C=C(c1ccc2ccccc2c1)N1CCC(C)(c2cccn2-c2cc(Cl)ccc2C)CC1. The number of aromatic nitrogens is 1. The molecule has 0 atom stereocenters. The molecule has 4 aromatic rings. The van der Waals surface area contributed by atoms with Crippen molar-refractivity contribution in [2.75, 3.05) is 13.1 Å². The number of hydrogen-bond acceptors (Lipinski definition) is 1. The van der Waals surface area contributed by atoms with Gasteiger partial charge < -0.3 is 9.47 Å². The Morgan fingerprint density at radius 1 is 0.906 bits per heavy atom. The summed E-state index contributed by atoms with van der Waals surface area (Å²) in [7, 11) is 0. The van der Waals surface area contributed by atoms with Gasteiger partial charge in [0.15, 0.2) is 0 Å². The van der Waals surface area contributed by atoms with Crippen molar-refractivity contribution in [1.29, 1.82) is 0 Å². The van der Waals surface area contributed by atoms with Crippen LogP contribution in [0.15, 0.2) is 85.6 Å². The van der Waals surface area contributed by atoms with Gasteiger partial charge in [-0.1, -0.05) is 67.6 Å². The lowest BCUT2D eigenvalue weighted by atomic mass is 9.77. The molecule has 0 N–H and O–H groups in total. The van der Waals surface area contributed by atoms with Crippen LogP contribution in [0.3, 0.4) is 0 Å². The van der Waals surface area contributed by atoms with Crippen LogP contribution in [-0.4, -0.2) is 22.6 Å². The second-order valence-corrected chi connectivity index (χ2v) is 9.69. The molecule has 0 aliphatic carbocycles. The fraction of sp³-hybridized carbons (Fsp3) is 0.241. The molecule has 2 heterocycles. The molecule has 0 bridgehead atoms. The number of rotatable bonds is 4. The van der Waals surface area contributed by atoms with E-state index in [1.54, 1.807) is 0 Å². The van der Waals surface area contributed by atoms with E-state index >= 15 is 0 Å². The van der Waals surface area contributed by atoms with Gasteiger partial charge in [0.1, 0.15) is 0 Å². The molecule has 1 fully saturated rings. The van der Waals surface area contributed by atoms with E-state index in [1.807, 2.05) is 6.07 Å². The second kappa shape index (κ2) is 8.18. The first-order valence-corrected chi connectivity index (χ1v) is 11.7. The maximum absolute atomic E-state index is 6.33. The standard InChI is InChI=1S/C29H29ClN2/c1-21-10-13-26(30)20-27(21)32-16-6-9-28(32)29(3)14-17-31(18-15-29)22(2)24-12-11-23-7-4-5-8-25(23)19-24/h4-13,16,19-20H,2,14-15,17-18H2,1,3H3. The van der Waals surface area contributed by atoms with Crippen LogP contribution in [0.5, 0.6) is 0 Å². The summed E-state index contributed by atoms with van der Waals surface area (Å²) in [6, 6.07) is 25.7. The Morgan fingerprint density at radius 3 is 2.44 bits per heavy atom. The van der Waals surface area contributed by atoms with Gasteiger partial charge in [0, 0.05) is 46.8 Å². The summed E-state index contributed by atoms with van der Waals surface area (Å²) in [6.45, 7) is 11.0. The van der Waals surface area contributed by atoms with E-state index in [0.29, 0.717) is 0 Å². The van der Waals surface area contributed by atoms with E-state index in [2.05, 4.69) is 103 Å². The lowest BCUT2D eigenvalue weighted by Gasteiger charge is -2.42. The van der Waals surface area contributed by atoms with E-state index < -0.39 is 0 Å². The Kier molecular flexibility index (Phi) is 5.35. The monoisotopic (exact) mass is 440 g/mol. The first-order valence-electron chi connectivity index (χ1n) is 11.3. The third-order valence-corrected chi connectivity index (χ3v) is 7.36. The molecule has 3 aromatic carbocycles. The summed E-state index contributed by atoms with van der Waals surface area (Å²) in [5.74, 6) is 0. The highest BCUT2D eigenvalue weighted by Crippen LogP contribution is 2.39. The number of hydrogen-bond donors (Lipinski definition) is 0. The van der Waals surface area contributed by atoms with Crippen molar-refractivity contribution in [2.24, 2.45) is 0 Å². The van der Waals surface area contributed by atoms with Gasteiger partial charge in [0.25, 0.3) is 0 Å². The molecule has 1 saturated heterocycles. The number of piperidine rings is 1. The summed E-state index contributed by atoms with van der Waals surface area (Å²) in [5.41, 5.74) is 6.21. The van der Waals surface area contributed by atoms with Crippen molar-refractivity contribution in [3.05, 3.63) is 107 Å². The lowest BCUT2D eigenvalue weighted by molar-refractivity contribution is 0.226. The van der Waals surface area contributed by atoms with Gasteiger partial charge in [0.2, 0.25) is 0 Å². The fourth-order valence-electron chi connectivity index (χ4n) is 5.00. The third-order valence-electron chi connectivity index (χ3n) is 7.13. The Morgan fingerprint density at radius 2 is 1.66 bits per heavy atom. The maximum Gasteiger partial charge on any atom is 0.0496 e. The van der Waals surface area contributed by atoms with Gasteiger partial charge in [-0.15, -0.1) is 0 Å². The van der Waals surface area contributed by atoms with Crippen LogP contribution >= 0.6 is 11.6 Å². The van der Waals surface area contributed by atoms with Crippen molar-refractivity contribution >= 4 is 28.1 Å². The summed E-state index contributed by atoms with van der Waals surface area (Å²) in [5, 5.41) is 3.31. The molecular weight excluding hydrogens is 412 g/mol. The van der Waals surface area contributed by atoms with Crippen LogP contribution in [0.2, 0.25) is 5.02 Å². The second-order valence-electron chi connectivity index (χ2n) is 9.25. The maximum atomic E-state index is 6.33. The minimum absolute atomic E-state index is 0.110. The molecule has 1 aliphatic heterocycles.